The molecule has 9 heterocycles. The number of unbranched alkanes of at least 4 members (excludes halogenated alkanes) is 2. The fourth-order valence-corrected chi connectivity index (χ4v) is 15.9. The van der Waals surface area contributed by atoms with Gasteiger partial charge in [-0.05, 0) is 55.2 Å². The quantitative estimate of drug-likeness (QED) is 0.0424. The van der Waals surface area contributed by atoms with Crippen LogP contribution >= 0.6 is 68.0 Å². The van der Waals surface area contributed by atoms with Crippen molar-refractivity contribution in [2.24, 2.45) is 11.7 Å². The summed E-state index contributed by atoms with van der Waals surface area (Å²) in [6.45, 7) is 2.72. The molecule has 93 heavy (non-hydrogen) atoms. The number of nitrogens with one attached hydrogen (secondary N) is 3. The van der Waals surface area contributed by atoms with Crippen LogP contribution in [0.4, 0.5) is 0 Å². The smallest absolute Gasteiger partial charge is 0.323 e. The van der Waals surface area contributed by atoms with E-state index in [1.54, 1.807) is 79.2 Å². The Balaban J connectivity index is 0.989. The molecule has 32 heteroatoms. The molecule has 0 unspecified atom stereocenters. The number of carbonyl (C=O) groups is 8. The van der Waals surface area contributed by atoms with Crippen LogP contribution in [0.1, 0.15) is 136 Å². The first kappa shape index (κ1) is 65.3. The maximum absolute atomic E-state index is 15.2. The molecule has 6 amide bonds. The molecule has 0 spiro atoms. The minimum Gasteiger partial charge on any atom is -0.508 e. The molecule has 0 saturated carbocycles. The van der Waals surface area contributed by atoms with Gasteiger partial charge in [-0.15, -0.1) is 68.0 Å². The predicted molar refractivity (Wildman–Crippen MR) is 346 cm³/mol. The summed E-state index contributed by atoms with van der Waals surface area (Å²) in [7, 11) is 0. The summed E-state index contributed by atoms with van der Waals surface area (Å²) in [5.74, 6) is -7.06. The molecule has 2 aliphatic heterocycles. The molecule has 26 nitrogen and oxygen atoms in total. The highest BCUT2D eigenvalue weighted by Gasteiger charge is 2.46. The summed E-state index contributed by atoms with van der Waals surface area (Å²) >= 11 is 6.63. The van der Waals surface area contributed by atoms with Gasteiger partial charge in [0, 0.05) is 69.2 Å². The first-order valence-electron chi connectivity index (χ1n) is 28.9. The molecule has 2 aliphatic rings. The lowest BCUT2D eigenvalue weighted by atomic mass is 10.00. The van der Waals surface area contributed by atoms with Crippen LogP contribution in [-0.4, -0.2) is 149 Å². The van der Waals surface area contributed by atoms with E-state index in [1.807, 2.05) is 0 Å². The second kappa shape index (κ2) is 28.4. The number of phenols is 1. The zero-order chi connectivity index (χ0) is 65.8. The zero-order valence-corrected chi connectivity index (χ0v) is 54.1. The molecule has 0 aliphatic carbocycles. The maximum Gasteiger partial charge on any atom is 0.323 e. The van der Waals surface area contributed by atoms with E-state index in [0.717, 1.165) is 50.2 Å². The van der Waals surface area contributed by atoms with Crippen LogP contribution in [0.3, 0.4) is 0 Å². The topological polar surface area (TPSA) is 397 Å². The highest BCUT2D eigenvalue weighted by Crippen LogP contribution is 2.43. The number of carboxylic acid groups (broad SMARTS) is 2. The lowest BCUT2D eigenvalue weighted by molar-refractivity contribution is -0.138. The molecule has 10 bridgehead atoms. The van der Waals surface area contributed by atoms with Crippen molar-refractivity contribution in [2.45, 2.75) is 88.7 Å². The number of aromatic nitrogens is 7. The van der Waals surface area contributed by atoms with Crippen molar-refractivity contribution in [1.82, 2.24) is 60.6 Å². The Morgan fingerprint density at radius 1 is 0.667 bits per heavy atom. The summed E-state index contributed by atoms with van der Waals surface area (Å²) in [6, 6.07) is 13.4. The van der Waals surface area contributed by atoms with Gasteiger partial charge in [0.2, 0.25) is 11.8 Å². The second-order valence-corrected chi connectivity index (χ2v) is 27.5. The van der Waals surface area contributed by atoms with Crippen molar-refractivity contribution < 1.29 is 63.9 Å². The van der Waals surface area contributed by atoms with Crippen molar-refractivity contribution in [3.05, 3.63) is 147 Å². The molecular weight excluding hydrogens is 1320 g/mol. The number of aliphatic carboxylic acids is 2. The number of phenolic OH excluding ortho intramolecular Hbond substituents is 1. The molecule has 1 fully saturated rings. The van der Waals surface area contributed by atoms with E-state index >= 15 is 4.79 Å². The van der Waals surface area contributed by atoms with Gasteiger partial charge in [-0.3, -0.25) is 38.4 Å². The molecule has 480 valence electrons. The monoisotopic (exact) mass is 1370 g/mol. The van der Waals surface area contributed by atoms with Gasteiger partial charge in [-0.2, -0.15) is 0 Å². The Kier molecular flexibility index (Phi) is 19.9. The van der Waals surface area contributed by atoms with E-state index in [1.165, 1.54) is 55.8 Å². The zero-order valence-electron chi connectivity index (χ0n) is 49.2. The Morgan fingerprint density at radius 2 is 1.32 bits per heavy atom. The minimum atomic E-state index is -1.43. The third-order valence-electron chi connectivity index (χ3n) is 15.4. The number of fused-ring (bicyclic) bond motifs is 16. The molecular formula is C61H57N13O13S6. The number of aliphatic hydroxyl groups excluding tert-OH is 2. The average Bonchev–Trinajstić information content (AvgIpc) is 1.66. The van der Waals surface area contributed by atoms with E-state index in [4.69, 9.17) is 30.8 Å². The first-order chi connectivity index (χ1) is 44.7. The number of carboxylic acids is 2. The number of pyridine rings is 1. The van der Waals surface area contributed by atoms with Gasteiger partial charge in [0.25, 0.3) is 23.6 Å². The number of nitrogens with two attached hydrogens (primary N) is 1. The number of rotatable bonds is 16. The van der Waals surface area contributed by atoms with Crippen molar-refractivity contribution in [1.29, 1.82) is 0 Å². The molecule has 7 atom stereocenters. The maximum atomic E-state index is 15.2. The number of amides is 6. The first-order valence-corrected chi connectivity index (χ1v) is 34.1. The van der Waals surface area contributed by atoms with E-state index < -0.39 is 103 Å². The summed E-state index contributed by atoms with van der Waals surface area (Å²) in [6.07, 6.45) is -1.84. The van der Waals surface area contributed by atoms with Gasteiger partial charge in [0.05, 0.1) is 30.3 Å². The van der Waals surface area contributed by atoms with E-state index in [2.05, 4.69) is 30.9 Å². The number of aliphatic hydroxyl groups is 2. The highest BCUT2D eigenvalue weighted by atomic mass is 32.1. The third-order valence-corrected chi connectivity index (χ3v) is 20.9. The SMILES string of the molecule is Cc1sc2nc1C(=O)N[C@@H]([C@H](O)c1ccccc1)c1nc(cs1)C(=O)N[C@@H](Cc1ccc(O)cc1)C(=O)N1C[C@H](O)[C@H](C)[C@H]1c1nc(cs1)-c1nc(cs1)-c1nc(-c3nc(C(=O)N(CCCCCC(=O)O)CC(=O)O)cs3)ccc1-c1nc(cs1)C(=O)N[C@H]2CC(N)=O. The normalized spacial score (nSPS) is 18.8. The van der Waals surface area contributed by atoms with Crippen LogP contribution < -0.4 is 21.7 Å². The van der Waals surface area contributed by atoms with Gasteiger partial charge in [-0.1, -0.05) is 55.8 Å². The fourth-order valence-electron chi connectivity index (χ4n) is 10.6. The molecule has 9 aromatic rings. The Bertz CT molecular complexity index is 4300. The Morgan fingerprint density at radius 3 is 2.06 bits per heavy atom. The van der Waals surface area contributed by atoms with E-state index in [9.17, 15) is 54.0 Å². The number of hydrogen-bond acceptors (Lipinski definition) is 24. The number of carbonyl (C=O) groups excluding carboxylic acids is 6. The summed E-state index contributed by atoms with van der Waals surface area (Å²) < 4.78 is 0. The van der Waals surface area contributed by atoms with Gasteiger partial charge in [0.1, 0.15) is 100 Å². The van der Waals surface area contributed by atoms with Crippen LogP contribution in [0.5, 0.6) is 5.75 Å². The molecule has 1 saturated heterocycles. The average molecular weight is 1370 g/mol. The van der Waals surface area contributed by atoms with Gasteiger partial charge in [-0.25, -0.2) is 34.9 Å². The third kappa shape index (κ3) is 14.9. The minimum absolute atomic E-state index is 0.0212. The number of primary amides is 1. The fraction of sp³-hybridized carbons (Fsp3) is 0.295. The van der Waals surface area contributed by atoms with Crippen molar-refractivity contribution >= 4 is 115 Å². The number of nitrogens with zero attached hydrogens (tertiary/aromatic N) is 9. The number of benzene rings is 2. The number of aryl methyl sites for hydroxylation is 1. The summed E-state index contributed by atoms with van der Waals surface area (Å²) in [4.78, 5) is 145. The van der Waals surface area contributed by atoms with Gasteiger partial charge >= 0.3 is 11.9 Å². The standard InChI is InChI=1S/C61H57N13O13S6/c1-28-42(76)21-74-49(28)59-69-40(26-92-59)56-66-37(23-89-56)47-33(16-17-34(63-47)55-70-41(27-90-55)60(86)73(22-45(80)81)18-8-4-7-11-44(78)79)54-67-38(24-88-54)51(83)64-35(20-43(62)77)57-72-46(29(2)93-57)53(85)71-48(50(82)31-9-5-3-6-10-31)58-68-39(25-91-58)52(84)65-36(61(74)87)19-30-12-14-32(75)15-13-30/h3,5-6,9-10,12-17,23-28,35-36,42,48-50,75-76,82H,4,7-8,11,18-22H2,1-2H3,(H2,62,77)(H,64,83)(H,65,84)(H,71,85)(H,78,79)(H,80,81)/t28-,35-,36-,42-,48-,49-,50+/m0/s1. The Hall–Kier alpha value is -9.15. The number of thiazole rings is 6. The summed E-state index contributed by atoms with van der Waals surface area (Å²) in [5, 5.41) is 70.7. The molecule has 11 rings (SSSR count). The van der Waals surface area contributed by atoms with Crippen LogP contribution in [0.2, 0.25) is 0 Å². The molecule has 7 aromatic heterocycles. The van der Waals surface area contributed by atoms with Crippen LogP contribution in [0, 0.1) is 12.8 Å². The van der Waals surface area contributed by atoms with Crippen LogP contribution in [0.15, 0.2) is 93.6 Å². The molecule has 2 aromatic carbocycles. The lowest BCUT2D eigenvalue weighted by Crippen LogP contribution is -2.50. The summed E-state index contributed by atoms with van der Waals surface area (Å²) in [5.41, 5.74) is 8.07. The lowest BCUT2D eigenvalue weighted by Gasteiger charge is -2.29. The van der Waals surface area contributed by atoms with Crippen LogP contribution in [-0.2, 0) is 25.6 Å². The van der Waals surface area contributed by atoms with E-state index in [0.29, 0.717) is 67.2 Å². The largest absolute Gasteiger partial charge is 0.508 e. The highest BCUT2D eigenvalue weighted by molar-refractivity contribution is 7.15. The molecule has 10 N–H and O–H groups in total. The second-order valence-electron chi connectivity index (χ2n) is 21.9. The molecule has 0 radical (unpaired) electrons. The Labute approximate surface area is 553 Å². The van der Waals surface area contributed by atoms with Crippen LogP contribution in [0.25, 0.3) is 43.4 Å². The van der Waals surface area contributed by atoms with Crippen molar-refractivity contribution in [3.63, 3.8) is 0 Å². The van der Waals surface area contributed by atoms with Gasteiger partial charge < -0.3 is 57.0 Å². The van der Waals surface area contributed by atoms with Gasteiger partial charge in [0.15, 0.2) is 0 Å². The number of hydrogen-bond donors (Lipinski definition) is 9. The van der Waals surface area contributed by atoms with Crippen molar-refractivity contribution in [2.75, 3.05) is 19.6 Å². The van der Waals surface area contributed by atoms with Crippen molar-refractivity contribution in [3.8, 4) is 49.1 Å². The number of aromatic hydroxyl groups is 1. The predicted octanol–water partition coefficient (Wildman–Crippen LogP) is 7.46. The van der Waals surface area contributed by atoms with E-state index in [-0.39, 0.29) is 80.9 Å².